The molecule has 4 heterocycles. The smallest absolute Gasteiger partial charge is 0.254 e. The highest BCUT2D eigenvalue weighted by Gasteiger charge is 2.42. The van der Waals surface area contributed by atoms with Crippen molar-refractivity contribution in [1.82, 2.24) is 19.4 Å². The fourth-order valence-electron chi connectivity index (χ4n) is 7.77. The predicted molar refractivity (Wildman–Crippen MR) is 201 cm³/mol. The second-order valence-corrected chi connectivity index (χ2v) is 14.2. The SMILES string of the molecule is COc1cc(C(=O)N2CCC(CCN3CCC(Nc4nc5ccccc5n4Cc4ccc(CO)o4)CC3)(c3ccc(Cl)cc3)C2)cc(OC)c1OC. The van der Waals surface area contributed by atoms with Crippen molar-refractivity contribution in [2.75, 3.05) is 59.4 Å². The number of imidazole rings is 1. The van der Waals surface area contributed by atoms with Crippen molar-refractivity contribution in [1.29, 1.82) is 0 Å². The molecule has 2 aliphatic rings. The molecule has 0 aliphatic carbocycles. The minimum absolute atomic E-state index is 0.0612. The molecular weight excluding hydrogens is 682 g/mol. The molecule has 7 rings (SSSR count). The summed E-state index contributed by atoms with van der Waals surface area (Å²) in [4.78, 5) is 23.4. The lowest BCUT2D eigenvalue weighted by atomic mass is 9.76. The maximum Gasteiger partial charge on any atom is 0.254 e. The highest BCUT2D eigenvalue weighted by molar-refractivity contribution is 6.30. The molecule has 5 aromatic rings. The molecule has 1 unspecified atom stereocenters. The van der Waals surface area contributed by atoms with Crippen molar-refractivity contribution in [2.45, 2.75) is 50.3 Å². The third-order valence-corrected chi connectivity index (χ3v) is 10.9. The van der Waals surface area contributed by atoms with Crippen LogP contribution in [-0.4, -0.2) is 90.5 Å². The summed E-state index contributed by atoms with van der Waals surface area (Å²) in [7, 11) is 4.66. The number of carbonyl (C=O) groups is 1. The maximum atomic E-state index is 14.0. The third-order valence-electron chi connectivity index (χ3n) is 10.7. The highest BCUT2D eigenvalue weighted by Crippen LogP contribution is 2.42. The normalized spacial score (nSPS) is 18.2. The fourth-order valence-corrected chi connectivity index (χ4v) is 7.90. The Hall–Kier alpha value is -4.71. The van der Waals surface area contributed by atoms with E-state index in [0.29, 0.717) is 53.2 Å². The average Bonchev–Trinajstić information content (AvgIpc) is 3.92. The number of carbonyl (C=O) groups excluding carboxylic acids is 1. The van der Waals surface area contributed by atoms with E-state index in [2.05, 4.69) is 33.0 Å². The number of hydrogen-bond donors (Lipinski definition) is 2. The number of nitrogens with one attached hydrogen (secondary N) is 1. The quantitative estimate of drug-likeness (QED) is 0.139. The molecule has 0 radical (unpaired) electrons. The number of benzene rings is 3. The molecule has 52 heavy (non-hydrogen) atoms. The number of amides is 1. The lowest BCUT2D eigenvalue weighted by Crippen LogP contribution is -2.42. The minimum atomic E-state index is -0.206. The van der Waals surface area contributed by atoms with Crippen LogP contribution in [0.1, 0.15) is 53.1 Å². The molecule has 2 aromatic heterocycles. The summed E-state index contributed by atoms with van der Waals surface area (Å²) >= 11 is 6.32. The molecule has 2 N–H and O–H groups in total. The van der Waals surface area contributed by atoms with Gasteiger partial charge in [0.15, 0.2) is 11.5 Å². The first-order valence-electron chi connectivity index (χ1n) is 17.8. The van der Waals surface area contributed by atoms with E-state index in [9.17, 15) is 9.90 Å². The van der Waals surface area contributed by atoms with E-state index in [4.69, 9.17) is 35.2 Å². The Kier molecular flexibility index (Phi) is 10.6. The van der Waals surface area contributed by atoms with Gasteiger partial charge in [0.25, 0.3) is 5.91 Å². The van der Waals surface area contributed by atoms with Gasteiger partial charge in [-0.25, -0.2) is 4.98 Å². The first kappa shape index (κ1) is 35.7. The molecule has 1 atom stereocenters. The summed E-state index contributed by atoms with van der Waals surface area (Å²) in [6, 6.07) is 23.7. The predicted octanol–water partition coefficient (Wildman–Crippen LogP) is 6.60. The lowest BCUT2D eigenvalue weighted by Gasteiger charge is -2.36. The summed E-state index contributed by atoms with van der Waals surface area (Å²) in [6.07, 6.45) is 3.74. The molecule has 0 bridgehead atoms. The third kappa shape index (κ3) is 7.30. The van der Waals surface area contributed by atoms with Crippen molar-refractivity contribution in [2.24, 2.45) is 0 Å². The van der Waals surface area contributed by atoms with Crippen molar-refractivity contribution in [3.8, 4) is 17.2 Å². The lowest BCUT2D eigenvalue weighted by molar-refractivity contribution is 0.0779. The molecule has 0 spiro atoms. The molecule has 2 fully saturated rings. The van der Waals surface area contributed by atoms with Crippen molar-refractivity contribution < 1.29 is 28.5 Å². The molecule has 11 nitrogen and oxygen atoms in total. The van der Waals surface area contributed by atoms with E-state index < -0.39 is 0 Å². The number of furan rings is 1. The first-order chi connectivity index (χ1) is 25.3. The fraction of sp³-hybridized carbons (Fsp3) is 0.400. The number of nitrogens with zero attached hydrogens (tertiary/aromatic N) is 4. The first-order valence-corrected chi connectivity index (χ1v) is 18.2. The number of hydrogen-bond acceptors (Lipinski definition) is 9. The van der Waals surface area contributed by atoms with Gasteiger partial charge in [-0.15, -0.1) is 0 Å². The van der Waals surface area contributed by atoms with Crippen LogP contribution in [0.25, 0.3) is 11.0 Å². The number of likely N-dealkylation sites (tertiary alicyclic amines) is 2. The molecular formula is C40H46ClN5O6. The number of aromatic nitrogens is 2. The van der Waals surface area contributed by atoms with Gasteiger partial charge in [-0.05, 0) is 86.3 Å². The van der Waals surface area contributed by atoms with Crippen LogP contribution in [-0.2, 0) is 18.6 Å². The van der Waals surface area contributed by atoms with E-state index in [1.165, 1.54) is 5.56 Å². The van der Waals surface area contributed by atoms with E-state index in [1.807, 2.05) is 47.4 Å². The van der Waals surface area contributed by atoms with Crippen molar-refractivity contribution in [3.63, 3.8) is 0 Å². The van der Waals surface area contributed by atoms with Gasteiger partial charge in [0.1, 0.15) is 18.1 Å². The maximum absolute atomic E-state index is 14.0. The monoisotopic (exact) mass is 727 g/mol. The van der Waals surface area contributed by atoms with Crippen LogP contribution in [0.15, 0.2) is 77.2 Å². The van der Waals surface area contributed by atoms with Gasteiger partial charge in [0.05, 0.1) is 38.9 Å². The highest BCUT2D eigenvalue weighted by atomic mass is 35.5. The van der Waals surface area contributed by atoms with Gasteiger partial charge in [-0.1, -0.05) is 35.9 Å². The number of para-hydroxylation sites is 2. The summed E-state index contributed by atoms with van der Waals surface area (Å²) in [6.45, 7) is 4.49. The topological polar surface area (TPSA) is 114 Å². The van der Waals surface area contributed by atoms with Crippen molar-refractivity contribution >= 4 is 34.5 Å². The Balaban J connectivity index is 1.02. The molecule has 0 saturated carbocycles. The van der Waals surface area contributed by atoms with Crippen LogP contribution in [0.4, 0.5) is 5.95 Å². The number of fused-ring (bicyclic) bond motifs is 1. The molecule has 2 saturated heterocycles. The number of ether oxygens (including phenoxy) is 3. The van der Waals surface area contributed by atoms with Gasteiger partial charge in [0.2, 0.25) is 11.7 Å². The summed E-state index contributed by atoms with van der Waals surface area (Å²) in [5, 5.41) is 13.9. The van der Waals surface area contributed by atoms with Crippen LogP contribution in [0.3, 0.4) is 0 Å². The number of aliphatic hydroxyl groups excluding tert-OH is 1. The average molecular weight is 728 g/mol. The second-order valence-electron chi connectivity index (χ2n) is 13.7. The van der Waals surface area contributed by atoms with E-state index >= 15 is 0 Å². The largest absolute Gasteiger partial charge is 0.493 e. The number of methoxy groups -OCH3 is 3. The molecule has 3 aromatic carbocycles. The Labute approximate surface area is 309 Å². The molecule has 12 heteroatoms. The van der Waals surface area contributed by atoms with Crippen molar-refractivity contribution in [3.05, 3.63) is 100 Å². The second kappa shape index (κ2) is 15.5. The zero-order chi connectivity index (χ0) is 36.2. The standard InChI is InChI=1S/C40H46ClN5O6/c1-49-35-22-27(23-36(50-2)37(35)51-3)38(48)45-21-17-40(26-45,28-8-10-29(41)11-9-28)16-20-44-18-14-30(15-19-44)42-39-43-33-6-4-5-7-34(33)46(39)24-31-12-13-32(25-47)52-31/h4-13,22-23,30,47H,14-21,24-26H2,1-3H3,(H,42,43). The van der Waals surface area contributed by atoms with E-state index in [-0.39, 0.29) is 24.0 Å². The number of rotatable bonds is 13. The van der Waals surface area contributed by atoms with Crippen LogP contribution in [0.5, 0.6) is 17.2 Å². The Morgan fingerprint density at radius 2 is 1.67 bits per heavy atom. The molecule has 274 valence electrons. The number of piperidine rings is 1. The Morgan fingerprint density at radius 3 is 2.35 bits per heavy atom. The molecule has 2 aliphatic heterocycles. The van der Waals surface area contributed by atoms with Gasteiger partial charge < -0.3 is 43.4 Å². The zero-order valence-electron chi connectivity index (χ0n) is 29.9. The molecule has 1 amide bonds. The van der Waals surface area contributed by atoms with Gasteiger partial charge >= 0.3 is 0 Å². The summed E-state index contributed by atoms with van der Waals surface area (Å²) < 4.78 is 24.5. The Morgan fingerprint density at radius 1 is 0.962 bits per heavy atom. The van der Waals surface area contributed by atoms with Gasteiger partial charge in [-0.3, -0.25) is 4.79 Å². The number of aliphatic hydroxyl groups is 1. The minimum Gasteiger partial charge on any atom is -0.493 e. The van der Waals surface area contributed by atoms with E-state index in [0.717, 1.165) is 68.1 Å². The van der Waals surface area contributed by atoms with Crippen LogP contribution >= 0.6 is 11.6 Å². The number of halogens is 1. The van der Waals surface area contributed by atoms with Crippen LogP contribution in [0, 0.1) is 0 Å². The van der Waals surface area contributed by atoms with E-state index in [1.54, 1.807) is 33.5 Å². The zero-order valence-corrected chi connectivity index (χ0v) is 30.7. The van der Waals surface area contributed by atoms with Crippen LogP contribution in [0.2, 0.25) is 5.02 Å². The van der Waals surface area contributed by atoms with Crippen LogP contribution < -0.4 is 19.5 Å². The van der Waals surface area contributed by atoms with Gasteiger partial charge in [-0.2, -0.15) is 0 Å². The Bertz CT molecular complexity index is 1980. The summed E-state index contributed by atoms with van der Waals surface area (Å²) in [5.74, 6) is 3.46. The van der Waals surface area contributed by atoms with Gasteiger partial charge in [0, 0.05) is 48.2 Å². The summed E-state index contributed by atoms with van der Waals surface area (Å²) in [5.41, 5.74) is 3.46. The number of anilines is 1.